The van der Waals surface area contributed by atoms with Gasteiger partial charge in [-0.2, -0.15) is 5.06 Å². The third-order valence-electron chi connectivity index (χ3n) is 3.11. The SMILES string of the molecule is CNC(=O)c1cncc(C2CCON2C(=O)OC(C)(C)C)c1. The third kappa shape index (κ3) is 3.73. The summed E-state index contributed by atoms with van der Waals surface area (Å²) in [4.78, 5) is 33.4. The molecular formula is C15H21N3O4. The molecule has 1 N–H and O–H groups in total. The topological polar surface area (TPSA) is 80.8 Å². The van der Waals surface area contributed by atoms with Crippen LogP contribution in [-0.4, -0.2) is 41.3 Å². The van der Waals surface area contributed by atoms with Gasteiger partial charge in [0.25, 0.3) is 5.91 Å². The predicted molar refractivity (Wildman–Crippen MR) is 79.0 cm³/mol. The number of amides is 2. The van der Waals surface area contributed by atoms with Crippen LogP contribution in [0.5, 0.6) is 0 Å². The molecule has 1 aliphatic rings. The van der Waals surface area contributed by atoms with Crippen molar-refractivity contribution in [2.24, 2.45) is 0 Å². The molecule has 1 atom stereocenters. The predicted octanol–water partition coefficient (Wildman–Crippen LogP) is 2.05. The Morgan fingerprint density at radius 1 is 1.41 bits per heavy atom. The van der Waals surface area contributed by atoms with Crippen molar-refractivity contribution in [1.82, 2.24) is 15.4 Å². The van der Waals surface area contributed by atoms with Crippen molar-refractivity contribution in [3.8, 4) is 0 Å². The van der Waals surface area contributed by atoms with Crippen LogP contribution in [0, 0.1) is 0 Å². The fourth-order valence-electron chi connectivity index (χ4n) is 2.17. The highest BCUT2D eigenvalue weighted by atomic mass is 16.7. The van der Waals surface area contributed by atoms with Crippen molar-refractivity contribution < 1.29 is 19.2 Å². The Bertz CT molecular complexity index is 568. The van der Waals surface area contributed by atoms with Crippen LogP contribution in [0.4, 0.5) is 4.79 Å². The maximum Gasteiger partial charge on any atom is 0.435 e. The zero-order valence-corrected chi connectivity index (χ0v) is 13.3. The fraction of sp³-hybridized carbons (Fsp3) is 0.533. The molecule has 0 radical (unpaired) electrons. The molecule has 22 heavy (non-hydrogen) atoms. The first kappa shape index (κ1) is 16.2. The number of pyridine rings is 1. The summed E-state index contributed by atoms with van der Waals surface area (Å²) in [6.45, 7) is 5.80. The van der Waals surface area contributed by atoms with Crippen molar-refractivity contribution in [2.45, 2.75) is 38.8 Å². The standard InChI is InChI=1S/C15H21N3O4/c1-15(2,3)22-14(20)18-12(5-6-21-18)10-7-11(9-17-8-10)13(19)16-4/h7-9,12H,5-6H2,1-4H3,(H,16,19). The molecule has 1 aromatic heterocycles. The van der Waals surface area contributed by atoms with Crippen LogP contribution in [0.25, 0.3) is 0 Å². The second-order valence-electron chi connectivity index (χ2n) is 6.03. The minimum atomic E-state index is -0.601. The zero-order chi connectivity index (χ0) is 16.3. The van der Waals surface area contributed by atoms with E-state index in [4.69, 9.17) is 9.57 Å². The second-order valence-corrected chi connectivity index (χ2v) is 6.03. The van der Waals surface area contributed by atoms with Gasteiger partial charge in [0.2, 0.25) is 0 Å². The van der Waals surface area contributed by atoms with Crippen LogP contribution < -0.4 is 5.32 Å². The Labute approximate surface area is 129 Å². The number of hydrogen-bond acceptors (Lipinski definition) is 5. The van der Waals surface area contributed by atoms with E-state index in [9.17, 15) is 9.59 Å². The quantitative estimate of drug-likeness (QED) is 0.904. The van der Waals surface area contributed by atoms with E-state index in [-0.39, 0.29) is 11.9 Å². The van der Waals surface area contributed by atoms with E-state index in [1.54, 1.807) is 40.1 Å². The maximum atomic E-state index is 12.2. The number of aromatic nitrogens is 1. The van der Waals surface area contributed by atoms with E-state index in [0.717, 1.165) is 5.56 Å². The maximum absolute atomic E-state index is 12.2. The molecule has 0 bridgehead atoms. The molecule has 2 heterocycles. The van der Waals surface area contributed by atoms with Gasteiger partial charge < -0.3 is 10.1 Å². The molecule has 1 fully saturated rings. The lowest BCUT2D eigenvalue weighted by molar-refractivity contribution is -0.125. The normalized spacial score (nSPS) is 18.2. The molecule has 1 unspecified atom stereocenters. The molecule has 2 rings (SSSR count). The second kappa shape index (κ2) is 6.31. The first-order chi connectivity index (χ1) is 10.3. The van der Waals surface area contributed by atoms with Crippen LogP contribution in [0.3, 0.4) is 0 Å². The lowest BCUT2D eigenvalue weighted by Crippen LogP contribution is -2.35. The molecular weight excluding hydrogens is 286 g/mol. The van der Waals surface area contributed by atoms with E-state index in [1.807, 2.05) is 0 Å². The summed E-state index contributed by atoms with van der Waals surface area (Å²) in [5.74, 6) is -0.225. The summed E-state index contributed by atoms with van der Waals surface area (Å²) in [6.07, 6.45) is 3.19. The van der Waals surface area contributed by atoms with Crippen LogP contribution >= 0.6 is 0 Å². The van der Waals surface area contributed by atoms with Gasteiger partial charge in [-0.25, -0.2) is 4.79 Å². The summed E-state index contributed by atoms with van der Waals surface area (Å²) in [5.41, 5.74) is 0.580. The Morgan fingerprint density at radius 2 is 2.14 bits per heavy atom. The highest BCUT2D eigenvalue weighted by Gasteiger charge is 2.35. The van der Waals surface area contributed by atoms with Crippen molar-refractivity contribution in [2.75, 3.05) is 13.7 Å². The van der Waals surface area contributed by atoms with Gasteiger partial charge in [-0.05, 0) is 32.4 Å². The van der Waals surface area contributed by atoms with Gasteiger partial charge in [-0.3, -0.25) is 14.6 Å². The summed E-state index contributed by atoms with van der Waals surface area (Å²) < 4.78 is 5.33. The number of hydrogen-bond donors (Lipinski definition) is 1. The smallest absolute Gasteiger partial charge is 0.435 e. The number of nitrogens with zero attached hydrogens (tertiary/aromatic N) is 2. The highest BCUT2D eigenvalue weighted by Crippen LogP contribution is 2.31. The van der Waals surface area contributed by atoms with Gasteiger partial charge in [0, 0.05) is 25.9 Å². The molecule has 1 saturated heterocycles. The highest BCUT2D eigenvalue weighted by molar-refractivity contribution is 5.93. The van der Waals surface area contributed by atoms with Gasteiger partial charge in [-0.1, -0.05) is 0 Å². The minimum absolute atomic E-state index is 0.225. The third-order valence-corrected chi connectivity index (χ3v) is 3.11. The first-order valence-electron chi connectivity index (χ1n) is 7.14. The minimum Gasteiger partial charge on any atom is -0.442 e. The van der Waals surface area contributed by atoms with Gasteiger partial charge in [0.15, 0.2) is 0 Å². The lowest BCUT2D eigenvalue weighted by atomic mass is 10.0. The number of rotatable bonds is 2. The van der Waals surface area contributed by atoms with E-state index >= 15 is 0 Å². The van der Waals surface area contributed by atoms with Gasteiger partial charge in [0.1, 0.15) is 5.60 Å². The van der Waals surface area contributed by atoms with Crippen molar-refractivity contribution in [1.29, 1.82) is 0 Å². The number of nitrogens with one attached hydrogen (secondary N) is 1. The Kier molecular flexibility index (Phi) is 4.65. The van der Waals surface area contributed by atoms with Crippen molar-refractivity contribution in [3.63, 3.8) is 0 Å². The van der Waals surface area contributed by atoms with Crippen LogP contribution in [0.15, 0.2) is 18.5 Å². The Balaban J connectivity index is 2.20. The Morgan fingerprint density at radius 3 is 2.77 bits per heavy atom. The van der Waals surface area contributed by atoms with Gasteiger partial charge in [0.05, 0.1) is 18.2 Å². The lowest BCUT2D eigenvalue weighted by Gasteiger charge is -2.27. The fourth-order valence-corrected chi connectivity index (χ4v) is 2.17. The molecule has 0 spiro atoms. The van der Waals surface area contributed by atoms with Crippen LogP contribution in [0.2, 0.25) is 0 Å². The molecule has 1 aliphatic heterocycles. The molecule has 0 saturated carbocycles. The number of hydroxylamine groups is 2. The van der Waals surface area contributed by atoms with Gasteiger partial charge in [-0.15, -0.1) is 0 Å². The molecule has 1 aromatic rings. The van der Waals surface area contributed by atoms with Crippen molar-refractivity contribution >= 4 is 12.0 Å². The molecule has 7 nitrogen and oxygen atoms in total. The van der Waals surface area contributed by atoms with Crippen LogP contribution in [0.1, 0.15) is 49.2 Å². The Hall–Kier alpha value is -2.15. The summed E-state index contributed by atoms with van der Waals surface area (Å²) in [5, 5.41) is 3.77. The molecule has 2 amide bonds. The molecule has 0 aliphatic carbocycles. The number of carbonyl (C=O) groups is 2. The van der Waals surface area contributed by atoms with Crippen LogP contribution in [-0.2, 0) is 9.57 Å². The number of ether oxygens (including phenoxy) is 1. The van der Waals surface area contributed by atoms with E-state index in [1.165, 1.54) is 11.3 Å². The molecule has 0 aromatic carbocycles. The summed E-state index contributed by atoms with van der Waals surface area (Å²) >= 11 is 0. The average Bonchev–Trinajstić information content (AvgIpc) is 2.94. The van der Waals surface area contributed by atoms with E-state index in [0.29, 0.717) is 18.6 Å². The summed E-state index contributed by atoms with van der Waals surface area (Å²) in [7, 11) is 1.56. The average molecular weight is 307 g/mol. The monoisotopic (exact) mass is 307 g/mol. The molecule has 120 valence electrons. The number of carbonyl (C=O) groups excluding carboxylic acids is 2. The summed E-state index contributed by atoms with van der Waals surface area (Å²) in [6, 6.07) is 1.40. The van der Waals surface area contributed by atoms with Gasteiger partial charge >= 0.3 is 6.09 Å². The zero-order valence-electron chi connectivity index (χ0n) is 13.3. The molecule has 7 heteroatoms. The first-order valence-corrected chi connectivity index (χ1v) is 7.14. The van der Waals surface area contributed by atoms with E-state index < -0.39 is 11.7 Å². The largest absolute Gasteiger partial charge is 0.442 e. The van der Waals surface area contributed by atoms with E-state index in [2.05, 4.69) is 10.3 Å². The van der Waals surface area contributed by atoms with Crippen molar-refractivity contribution in [3.05, 3.63) is 29.6 Å².